The highest BCUT2D eigenvalue weighted by Crippen LogP contribution is 2.32. The van der Waals surface area contributed by atoms with Crippen LogP contribution < -0.4 is 10.5 Å². The molecule has 0 unspecified atom stereocenters. The monoisotopic (exact) mass is 387 g/mol. The van der Waals surface area contributed by atoms with Crippen molar-refractivity contribution in [2.75, 3.05) is 5.73 Å². The van der Waals surface area contributed by atoms with Crippen molar-refractivity contribution < 1.29 is 9.53 Å². The number of carbonyl (C=O) groups is 1. The fourth-order valence-corrected chi connectivity index (χ4v) is 2.68. The molecule has 0 spiro atoms. The van der Waals surface area contributed by atoms with Crippen molar-refractivity contribution in [1.82, 2.24) is 0 Å². The summed E-state index contributed by atoms with van der Waals surface area (Å²) >= 11 is 15.3. The molecule has 0 saturated carbocycles. The van der Waals surface area contributed by atoms with Gasteiger partial charge >= 0.3 is 0 Å². The van der Waals surface area contributed by atoms with Gasteiger partial charge in [0.1, 0.15) is 6.61 Å². The fraction of sp³-hybridized carbons (Fsp3) is 0.133. The molecule has 110 valence electrons. The Hall–Kier alpha value is -1.23. The van der Waals surface area contributed by atoms with E-state index in [0.29, 0.717) is 27.0 Å². The van der Waals surface area contributed by atoms with Crippen LogP contribution in [-0.4, -0.2) is 5.78 Å². The number of ketones is 1. The Morgan fingerprint density at radius 1 is 1.29 bits per heavy atom. The Balaban J connectivity index is 2.32. The number of benzene rings is 2. The number of halogens is 3. The van der Waals surface area contributed by atoms with Gasteiger partial charge in [0.05, 0.1) is 11.3 Å². The molecule has 0 aliphatic heterocycles. The van der Waals surface area contributed by atoms with Crippen LogP contribution in [0.15, 0.2) is 34.8 Å². The van der Waals surface area contributed by atoms with Gasteiger partial charge in [-0.3, -0.25) is 4.79 Å². The van der Waals surface area contributed by atoms with E-state index in [-0.39, 0.29) is 12.4 Å². The van der Waals surface area contributed by atoms with Gasteiger partial charge in [-0.05, 0) is 37.3 Å². The number of nitrogens with two attached hydrogens (primary N) is 1. The van der Waals surface area contributed by atoms with Gasteiger partial charge in [0, 0.05) is 20.1 Å². The Kier molecular flexibility index (Phi) is 5.14. The maximum atomic E-state index is 11.7. The van der Waals surface area contributed by atoms with Crippen molar-refractivity contribution in [3.05, 3.63) is 56.0 Å². The van der Waals surface area contributed by atoms with E-state index in [4.69, 9.17) is 33.7 Å². The maximum absolute atomic E-state index is 11.7. The van der Waals surface area contributed by atoms with Gasteiger partial charge in [-0.15, -0.1) is 0 Å². The topological polar surface area (TPSA) is 52.3 Å². The Bertz CT molecular complexity index is 704. The summed E-state index contributed by atoms with van der Waals surface area (Å²) in [6.07, 6.45) is 0. The Morgan fingerprint density at radius 2 is 2.00 bits per heavy atom. The number of carbonyl (C=O) groups excluding carboxylic acids is 1. The molecule has 0 saturated heterocycles. The minimum absolute atomic E-state index is 0.129. The van der Waals surface area contributed by atoms with E-state index in [1.54, 1.807) is 30.3 Å². The molecular weight excluding hydrogens is 377 g/mol. The molecular formula is C15H12BrCl2NO2. The van der Waals surface area contributed by atoms with Crippen LogP contribution in [0.1, 0.15) is 22.8 Å². The standard InChI is InChI=1S/C15H12BrCl2NO2/c1-8(20)12-5-10(16)6-14(19)15(12)21-7-9-4-11(17)2-3-13(9)18/h2-6H,7,19H2,1H3. The van der Waals surface area contributed by atoms with Gasteiger partial charge in [0.15, 0.2) is 11.5 Å². The molecule has 0 atom stereocenters. The molecule has 2 aromatic rings. The molecule has 0 fully saturated rings. The number of rotatable bonds is 4. The van der Waals surface area contributed by atoms with Crippen LogP contribution >= 0.6 is 39.1 Å². The third-order valence-electron chi connectivity index (χ3n) is 2.84. The Morgan fingerprint density at radius 3 is 2.67 bits per heavy atom. The first-order valence-electron chi connectivity index (χ1n) is 6.05. The van der Waals surface area contributed by atoms with Gasteiger partial charge in [0.25, 0.3) is 0 Å². The lowest BCUT2D eigenvalue weighted by Gasteiger charge is -2.14. The van der Waals surface area contributed by atoms with Crippen molar-refractivity contribution in [2.24, 2.45) is 0 Å². The summed E-state index contributed by atoms with van der Waals surface area (Å²) in [5.41, 5.74) is 7.45. The normalized spacial score (nSPS) is 10.5. The van der Waals surface area contributed by atoms with E-state index >= 15 is 0 Å². The molecule has 0 radical (unpaired) electrons. The van der Waals surface area contributed by atoms with Gasteiger partial charge < -0.3 is 10.5 Å². The molecule has 2 N–H and O–H groups in total. The SMILES string of the molecule is CC(=O)c1cc(Br)cc(N)c1OCc1cc(Cl)ccc1Cl. The van der Waals surface area contributed by atoms with Crippen LogP contribution in [0.5, 0.6) is 5.75 Å². The van der Waals surface area contributed by atoms with E-state index < -0.39 is 0 Å². The zero-order chi connectivity index (χ0) is 15.6. The summed E-state index contributed by atoms with van der Waals surface area (Å²) in [5, 5.41) is 1.10. The lowest BCUT2D eigenvalue weighted by Crippen LogP contribution is -2.05. The van der Waals surface area contributed by atoms with Crippen LogP contribution in [0.4, 0.5) is 5.69 Å². The van der Waals surface area contributed by atoms with E-state index in [1.807, 2.05) is 0 Å². The molecule has 3 nitrogen and oxygen atoms in total. The van der Waals surface area contributed by atoms with Crippen molar-refractivity contribution in [1.29, 1.82) is 0 Å². The third kappa shape index (κ3) is 3.90. The highest BCUT2D eigenvalue weighted by molar-refractivity contribution is 9.10. The fourth-order valence-electron chi connectivity index (χ4n) is 1.84. The van der Waals surface area contributed by atoms with E-state index in [1.165, 1.54) is 6.92 Å². The maximum Gasteiger partial charge on any atom is 0.163 e. The first kappa shape index (κ1) is 16.1. The minimum atomic E-state index is -0.129. The minimum Gasteiger partial charge on any atom is -0.486 e. The van der Waals surface area contributed by atoms with Crippen LogP contribution in [-0.2, 0) is 6.61 Å². The lowest BCUT2D eigenvalue weighted by molar-refractivity contribution is 0.101. The average Bonchev–Trinajstić information content (AvgIpc) is 2.40. The van der Waals surface area contributed by atoms with Crippen LogP contribution in [0.25, 0.3) is 0 Å². The molecule has 0 aliphatic rings. The van der Waals surface area contributed by atoms with Crippen molar-refractivity contribution in [2.45, 2.75) is 13.5 Å². The second-order valence-electron chi connectivity index (χ2n) is 4.45. The summed E-state index contributed by atoms with van der Waals surface area (Å²) in [4.78, 5) is 11.7. The van der Waals surface area contributed by atoms with Crippen molar-refractivity contribution >= 4 is 50.6 Å². The molecule has 0 bridgehead atoms. The number of hydrogen-bond acceptors (Lipinski definition) is 3. The highest BCUT2D eigenvalue weighted by atomic mass is 79.9. The predicted molar refractivity (Wildman–Crippen MR) is 89.4 cm³/mol. The second kappa shape index (κ2) is 6.69. The number of ether oxygens (including phenoxy) is 1. The van der Waals surface area contributed by atoms with E-state index in [9.17, 15) is 4.79 Å². The predicted octanol–water partition coefficient (Wildman–Crippen LogP) is 5.12. The van der Waals surface area contributed by atoms with Crippen molar-refractivity contribution in [3.63, 3.8) is 0 Å². The van der Waals surface area contributed by atoms with Crippen LogP contribution in [0.3, 0.4) is 0 Å². The Labute approximate surface area is 141 Å². The molecule has 0 heterocycles. The second-order valence-corrected chi connectivity index (χ2v) is 6.21. The largest absolute Gasteiger partial charge is 0.486 e. The summed E-state index contributed by atoms with van der Waals surface area (Å²) in [5.74, 6) is 0.219. The van der Waals surface area contributed by atoms with Crippen LogP contribution in [0, 0.1) is 0 Å². The van der Waals surface area contributed by atoms with E-state index in [0.717, 1.165) is 10.0 Å². The zero-order valence-corrected chi connectivity index (χ0v) is 14.2. The molecule has 0 aliphatic carbocycles. The molecule has 2 rings (SSSR count). The number of Topliss-reactive ketones (excluding diaryl/α,β-unsaturated/α-hetero) is 1. The molecule has 6 heteroatoms. The number of anilines is 1. The number of hydrogen-bond donors (Lipinski definition) is 1. The van der Waals surface area contributed by atoms with Crippen LogP contribution in [0.2, 0.25) is 10.0 Å². The molecule has 21 heavy (non-hydrogen) atoms. The molecule has 0 aromatic heterocycles. The highest BCUT2D eigenvalue weighted by Gasteiger charge is 2.14. The zero-order valence-electron chi connectivity index (χ0n) is 11.1. The van der Waals surface area contributed by atoms with Gasteiger partial charge in [-0.25, -0.2) is 0 Å². The smallest absolute Gasteiger partial charge is 0.163 e. The lowest BCUT2D eigenvalue weighted by atomic mass is 10.1. The molecule has 2 aromatic carbocycles. The summed E-state index contributed by atoms with van der Waals surface area (Å²) in [7, 11) is 0. The van der Waals surface area contributed by atoms with Gasteiger partial charge in [-0.1, -0.05) is 39.1 Å². The van der Waals surface area contributed by atoms with E-state index in [2.05, 4.69) is 15.9 Å². The summed E-state index contributed by atoms with van der Waals surface area (Å²) < 4.78 is 6.42. The third-order valence-corrected chi connectivity index (χ3v) is 3.90. The summed E-state index contributed by atoms with van der Waals surface area (Å²) in [6, 6.07) is 8.46. The quantitative estimate of drug-likeness (QED) is 0.584. The first-order chi connectivity index (χ1) is 9.88. The first-order valence-corrected chi connectivity index (χ1v) is 7.60. The molecule has 0 amide bonds. The average molecular weight is 389 g/mol. The summed E-state index contributed by atoms with van der Waals surface area (Å²) in [6.45, 7) is 1.63. The van der Waals surface area contributed by atoms with Crippen molar-refractivity contribution in [3.8, 4) is 5.75 Å². The van der Waals surface area contributed by atoms with Gasteiger partial charge in [-0.2, -0.15) is 0 Å². The number of nitrogen functional groups attached to an aromatic ring is 1. The van der Waals surface area contributed by atoms with Gasteiger partial charge in [0.2, 0.25) is 0 Å².